The van der Waals surface area contributed by atoms with Crippen molar-refractivity contribution in [3.05, 3.63) is 45.7 Å². The summed E-state index contributed by atoms with van der Waals surface area (Å²) in [7, 11) is 0. The first-order chi connectivity index (χ1) is 17.6. The number of benzene rings is 1. The third-order valence-electron chi connectivity index (χ3n) is 7.47. The van der Waals surface area contributed by atoms with E-state index < -0.39 is 0 Å². The lowest BCUT2D eigenvalue weighted by Gasteiger charge is -2.32. The van der Waals surface area contributed by atoms with E-state index in [0.717, 1.165) is 54.1 Å². The number of hydrogen-bond acceptors (Lipinski definition) is 9. The number of hydrogen-bond donors (Lipinski definition) is 0. The van der Waals surface area contributed by atoms with Gasteiger partial charge in [0.15, 0.2) is 16.7 Å². The molecule has 0 spiro atoms. The van der Waals surface area contributed by atoms with Crippen molar-refractivity contribution in [3.8, 4) is 23.0 Å². The highest BCUT2D eigenvalue weighted by atomic mass is 32.2. The molecule has 5 heterocycles. The topological polar surface area (TPSA) is 113 Å². The SMILES string of the molecule is O=C(CC1CSc2nc3c(c(=O)n21)CCC3)N1CCCC(c2nnc(-c3ccc4c(c3)OCO4)o2)C1. The Kier molecular flexibility index (Phi) is 5.26. The van der Waals surface area contributed by atoms with Crippen LogP contribution in [0.2, 0.25) is 0 Å². The van der Waals surface area contributed by atoms with E-state index >= 15 is 0 Å². The average Bonchev–Trinajstić information content (AvgIpc) is 3.70. The summed E-state index contributed by atoms with van der Waals surface area (Å²) in [4.78, 5) is 33.0. The molecule has 0 saturated carbocycles. The second-order valence-corrected chi connectivity index (χ2v) is 10.7. The van der Waals surface area contributed by atoms with Gasteiger partial charge in [0.25, 0.3) is 5.56 Å². The fourth-order valence-corrected chi connectivity index (χ4v) is 6.74. The summed E-state index contributed by atoms with van der Waals surface area (Å²) in [5.74, 6) is 3.07. The predicted molar refractivity (Wildman–Crippen MR) is 129 cm³/mol. The van der Waals surface area contributed by atoms with Crippen molar-refractivity contribution in [1.82, 2.24) is 24.6 Å². The van der Waals surface area contributed by atoms with Crippen molar-refractivity contribution in [2.24, 2.45) is 0 Å². The van der Waals surface area contributed by atoms with Crippen LogP contribution in [-0.2, 0) is 17.6 Å². The monoisotopic (exact) mass is 507 g/mol. The summed E-state index contributed by atoms with van der Waals surface area (Å²) >= 11 is 1.58. The van der Waals surface area contributed by atoms with Crippen molar-refractivity contribution in [2.45, 2.75) is 55.6 Å². The number of rotatable bonds is 4. The van der Waals surface area contributed by atoms with Crippen LogP contribution in [0.5, 0.6) is 11.5 Å². The highest BCUT2D eigenvalue weighted by Gasteiger charge is 2.34. The van der Waals surface area contributed by atoms with Crippen LogP contribution in [0.1, 0.15) is 54.8 Å². The molecule has 186 valence electrons. The highest BCUT2D eigenvalue weighted by molar-refractivity contribution is 7.99. The van der Waals surface area contributed by atoms with E-state index in [1.54, 1.807) is 16.3 Å². The van der Waals surface area contributed by atoms with E-state index in [2.05, 4.69) is 10.2 Å². The minimum Gasteiger partial charge on any atom is -0.454 e. The van der Waals surface area contributed by atoms with E-state index in [1.807, 2.05) is 23.1 Å². The van der Waals surface area contributed by atoms with Crippen LogP contribution in [-0.4, -0.2) is 56.2 Å². The molecule has 1 aromatic carbocycles. The smallest absolute Gasteiger partial charge is 0.257 e. The molecule has 3 aliphatic heterocycles. The largest absolute Gasteiger partial charge is 0.454 e. The lowest BCUT2D eigenvalue weighted by molar-refractivity contribution is -0.133. The number of carbonyl (C=O) groups excluding carboxylic acids is 1. The molecule has 0 bridgehead atoms. The molecular weight excluding hydrogens is 482 g/mol. The number of aromatic nitrogens is 4. The van der Waals surface area contributed by atoms with Gasteiger partial charge in [-0.3, -0.25) is 14.2 Å². The third kappa shape index (κ3) is 3.68. The number of carbonyl (C=O) groups is 1. The zero-order chi connectivity index (χ0) is 24.2. The molecule has 4 aliphatic rings. The van der Waals surface area contributed by atoms with Crippen molar-refractivity contribution in [3.63, 3.8) is 0 Å². The highest BCUT2D eigenvalue weighted by Crippen LogP contribution is 2.37. The van der Waals surface area contributed by atoms with Gasteiger partial charge in [-0.1, -0.05) is 11.8 Å². The summed E-state index contributed by atoms with van der Waals surface area (Å²) < 4.78 is 18.6. The average molecular weight is 508 g/mol. The number of nitrogens with zero attached hydrogens (tertiary/aromatic N) is 5. The number of likely N-dealkylation sites (tertiary alicyclic amines) is 1. The summed E-state index contributed by atoms with van der Waals surface area (Å²) in [6.45, 7) is 1.44. The van der Waals surface area contributed by atoms with Crippen molar-refractivity contribution < 1.29 is 18.7 Å². The second kappa shape index (κ2) is 8.65. The van der Waals surface area contributed by atoms with Crippen LogP contribution in [0.15, 0.2) is 32.6 Å². The number of ether oxygens (including phenoxy) is 2. The minimum atomic E-state index is -0.148. The van der Waals surface area contributed by atoms with Gasteiger partial charge in [0.2, 0.25) is 24.5 Å². The Balaban J connectivity index is 1.05. The molecule has 1 aliphatic carbocycles. The van der Waals surface area contributed by atoms with Gasteiger partial charge in [-0.25, -0.2) is 4.98 Å². The zero-order valence-corrected chi connectivity index (χ0v) is 20.5. The molecule has 2 unspecified atom stereocenters. The van der Waals surface area contributed by atoms with Gasteiger partial charge in [-0.2, -0.15) is 0 Å². The summed E-state index contributed by atoms with van der Waals surface area (Å²) in [6, 6.07) is 5.38. The molecule has 2 aromatic heterocycles. The Morgan fingerprint density at radius 2 is 2.06 bits per heavy atom. The fraction of sp³-hybridized carbons (Fsp3) is 0.480. The number of thioether (sulfide) groups is 1. The number of aryl methyl sites for hydroxylation is 1. The summed E-state index contributed by atoms with van der Waals surface area (Å²) in [5, 5.41) is 9.30. The zero-order valence-electron chi connectivity index (χ0n) is 19.6. The van der Waals surface area contributed by atoms with Crippen LogP contribution in [0.25, 0.3) is 11.5 Å². The molecule has 0 N–H and O–H groups in total. The van der Waals surface area contributed by atoms with Crippen LogP contribution < -0.4 is 15.0 Å². The molecule has 7 rings (SSSR count). The number of piperidine rings is 1. The van der Waals surface area contributed by atoms with Gasteiger partial charge in [0, 0.05) is 36.4 Å². The van der Waals surface area contributed by atoms with Gasteiger partial charge >= 0.3 is 0 Å². The van der Waals surface area contributed by atoms with E-state index in [4.69, 9.17) is 18.9 Å². The fourth-order valence-electron chi connectivity index (χ4n) is 5.58. The van der Waals surface area contributed by atoms with Gasteiger partial charge < -0.3 is 18.8 Å². The van der Waals surface area contributed by atoms with Crippen molar-refractivity contribution in [1.29, 1.82) is 0 Å². The normalized spacial score (nSPS) is 22.1. The van der Waals surface area contributed by atoms with Crippen LogP contribution in [0.3, 0.4) is 0 Å². The first-order valence-electron chi connectivity index (χ1n) is 12.4. The van der Waals surface area contributed by atoms with Crippen LogP contribution >= 0.6 is 11.8 Å². The first-order valence-corrected chi connectivity index (χ1v) is 13.4. The molecule has 1 saturated heterocycles. The Morgan fingerprint density at radius 1 is 1.14 bits per heavy atom. The van der Waals surface area contributed by atoms with Gasteiger partial charge in [-0.05, 0) is 50.3 Å². The molecule has 11 heteroatoms. The Bertz CT molecular complexity index is 1420. The maximum atomic E-state index is 13.3. The molecule has 1 amide bonds. The standard InChI is InChI=1S/C25H25N5O5S/c31-21(10-16-12-36-25-26-18-5-1-4-17(18)24(32)30(16)25)29-8-2-3-15(11-29)23-28-27-22(35-23)14-6-7-19-20(9-14)34-13-33-19/h6-7,9,15-16H,1-5,8,10-13H2. The Morgan fingerprint density at radius 3 is 3.00 bits per heavy atom. The maximum absolute atomic E-state index is 13.3. The molecule has 36 heavy (non-hydrogen) atoms. The molecule has 10 nitrogen and oxygen atoms in total. The molecular formula is C25H25N5O5S. The van der Waals surface area contributed by atoms with E-state index in [0.29, 0.717) is 48.5 Å². The minimum absolute atomic E-state index is 0.0177. The van der Waals surface area contributed by atoms with Gasteiger partial charge in [0.05, 0.1) is 17.7 Å². The van der Waals surface area contributed by atoms with E-state index in [-0.39, 0.29) is 30.2 Å². The molecule has 3 aromatic rings. The second-order valence-electron chi connectivity index (χ2n) is 9.71. The Labute approximate surface area is 211 Å². The van der Waals surface area contributed by atoms with Crippen LogP contribution in [0.4, 0.5) is 0 Å². The Hall–Kier alpha value is -3.34. The quantitative estimate of drug-likeness (QED) is 0.492. The molecule has 1 fully saturated rings. The van der Waals surface area contributed by atoms with Gasteiger partial charge in [0.1, 0.15) is 0 Å². The van der Waals surface area contributed by atoms with Crippen molar-refractivity contribution in [2.75, 3.05) is 25.6 Å². The van der Waals surface area contributed by atoms with Gasteiger partial charge in [-0.15, -0.1) is 10.2 Å². The first kappa shape index (κ1) is 21.9. The molecule has 0 radical (unpaired) electrons. The lowest BCUT2D eigenvalue weighted by atomic mass is 9.97. The predicted octanol–water partition coefficient (Wildman–Crippen LogP) is 2.95. The molecule has 2 atom stereocenters. The van der Waals surface area contributed by atoms with E-state index in [1.165, 1.54) is 0 Å². The third-order valence-corrected chi connectivity index (χ3v) is 8.56. The summed E-state index contributed by atoms with van der Waals surface area (Å²) in [5.41, 5.74) is 2.61. The van der Waals surface area contributed by atoms with Crippen molar-refractivity contribution >= 4 is 17.7 Å². The van der Waals surface area contributed by atoms with Crippen LogP contribution in [0, 0.1) is 0 Å². The number of fused-ring (bicyclic) bond motifs is 3. The van der Waals surface area contributed by atoms with E-state index in [9.17, 15) is 9.59 Å². The number of amides is 1. The maximum Gasteiger partial charge on any atom is 0.257 e. The lowest BCUT2D eigenvalue weighted by Crippen LogP contribution is -2.40. The summed E-state index contributed by atoms with van der Waals surface area (Å²) in [6.07, 6.45) is 4.70.